The van der Waals surface area contributed by atoms with Crippen LogP contribution in [0.25, 0.3) is 0 Å². The van der Waals surface area contributed by atoms with E-state index in [2.05, 4.69) is 57.6 Å². The first kappa shape index (κ1) is 16.3. The zero-order valence-corrected chi connectivity index (χ0v) is 15.2. The van der Waals surface area contributed by atoms with E-state index in [0.29, 0.717) is 6.04 Å². The fraction of sp³-hybridized carbons (Fsp3) is 0.368. The molecule has 1 aliphatic heterocycles. The SMILES string of the molecule is COc1cc2c(cc1OC)[C@H](CCc1cccc(Br)c1)NCC2. The number of hydrogen-bond donors (Lipinski definition) is 1. The Balaban J connectivity index is 1.80. The van der Waals surface area contributed by atoms with E-state index in [1.807, 2.05) is 0 Å². The molecule has 2 aromatic carbocycles. The van der Waals surface area contributed by atoms with Gasteiger partial charge in [-0.15, -0.1) is 0 Å². The lowest BCUT2D eigenvalue weighted by molar-refractivity contribution is 0.351. The first-order valence-corrected chi connectivity index (χ1v) is 8.73. The second-order valence-corrected chi connectivity index (χ2v) is 6.75. The molecule has 122 valence electrons. The molecule has 0 bridgehead atoms. The Hall–Kier alpha value is -1.52. The van der Waals surface area contributed by atoms with Crippen LogP contribution in [0.5, 0.6) is 11.5 Å². The van der Waals surface area contributed by atoms with Gasteiger partial charge in [0.25, 0.3) is 0 Å². The monoisotopic (exact) mass is 375 g/mol. The molecule has 1 heterocycles. The average molecular weight is 376 g/mol. The summed E-state index contributed by atoms with van der Waals surface area (Å²) in [6, 6.07) is 13.1. The highest BCUT2D eigenvalue weighted by molar-refractivity contribution is 9.10. The van der Waals surface area contributed by atoms with Crippen molar-refractivity contribution in [1.29, 1.82) is 0 Å². The summed E-state index contributed by atoms with van der Waals surface area (Å²) >= 11 is 3.54. The molecule has 0 spiro atoms. The molecular formula is C19H22BrNO2. The number of rotatable bonds is 5. The van der Waals surface area contributed by atoms with Crippen LogP contribution in [0.15, 0.2) is 40.9 Å². The third kappa shape index (κ3) is 3.70. The first-order valence-electron chi connectivity index (χ1n) is 7.94. The van der Waals surface area contributed by atoms with E-state index in [9.17, 15) is 0 Å². The molecule has 3 nitrogen and oxygen atoms in total. The summed E-state index contributed by atoms with van der Waals surface area (Å²) in [5.74, 6) is 1.63. The molecule has 2 aromatic rings. The number of hydrogen-bond acceptors (Lipinski definition) is 3. The van der Waals surface area contributed by atoms with Crippen LogP contribution in [-0.2, 0) is 12.8 Å². The van der Waals surface area contributed by atoms with E-state index in [1.54, 1.807) is 14.2 Å². The molecule has 1 atom stereocenters. The highest BCUT2D eigenvalue weighted by atomic mass is 79.9. The van der Waals surface area contributed by atoms with Gasteiger partial charge in [-0.2, -0.15) is 0 Å². The molecule has 0 radical (unpaired) electrons. The van der Waals surface area contributed by atoms with E-state index in [1.165, 1.54) is 16.7 Å². The molecule has 0 fully saturated rings. The Labute approximate surface area is 146 Å². The molecule has 0 aromatic heterocycles. The van der Waals surface area contributed by atoms with Crippen molar-refractivity contribution in [3.63, 3.8) is 0 Å². The third-order valence-corrected chi connectivity index (χ3v) is 4.91. The summed E-state index contributed by atoms with van der Waals surface area (Å²) < 4.78 is 12.0. The molecule has 4 heteroatoms. The number of ether oxygens (including phenoxy) is 2. The minimum atomic E-state index is 0.359. The number of benzene rings is 2. The molecule has 0 aliphatic carbocycles. The van der Waals surface area contributed by atoms with E-state index in [-0.39, 0.29) is 0 Å². The smallest absolute Gasteiger partial charge is 0.161 e. The summed E-state index contributed by atoms with van der Waals surface area (Å²) in [5.41, 5.74) is 4.05. The molecule has 0 amide bonds. The van der Waals surface area contributed by atoms with Crippen LogP contribution in [0.2, 0.25) is 0 Å². The van der Waals surface area contributed by atoms with Crippen LogP contribution in [0.1, 0.15) is 29.2 Å². The molecule has 0 unspecified atom stereocenters. The first-order chi connectivity index (χ1) is 11.2. The van der Waals surface area contributed by atoms with Gasteiger partial charge in [0.05, 0.1) is 14.2 Å². The number of methoxy groups -OCH3 is 2. The van der Waals surface area contributed by atoms with Crippen molar-refractivity contribution >= 4 is 15.9 Å². The van der Waals surface area contributed by atoms with Gasteiger partial charge in [-0.3, -0.25) is 0 Å². The minimum Gasteiger partial charge on any atom is -0.493 e. The molecule has 3 rings (SSSR count). The molecule has 23 heavy (non-hydrogen) atoms. The Kier molecular flexibility index (Phi) is 5.23. The van der Waals surface area contributed by atoms with E-state index in [0.717, 1.165) is 41.8 Å². The summed E-state index contributed by atoms with van der Waals surface area (Å²) in [6.45, 7) is 1.01. The second kappa shape index (κ2) is 7.37. The fourth-order valence-corrected chi connectivity index (χ4v) is 3.68. The Morgan fingerprint density at radius 2 is 1.91 bits per heavy atom. The maximum atomic E-state index is 5.47. The number of aryl methyl sites for hydroxylation is 1. The van der Waals surface area contributed by atoms with E-state index in [4.69, 9.17) is 9.47 Å². The van der Waals surface area contributed by atoms with Gasteiger partial charge in [0, 0.05) is 10.5 Å². The quantitative estimate of drug-likeness (QED) is 0.845. The van der Waals surface area contributed by atoms with Crippen LogP contribution in [0.3, 0.4) is 0 Å². The number of fused-ring (bicyclic) bond motifs is 1. The van der Waals surface area contributed by atoms with Crippen LogP contribution >= 0.6 is 15.9 Å². The van der Waals surface area contributed by atoms with Gasteiger partial charge >= 0.3 is 0 Å². The van der Waals surface area contributed by atoms with Crippen LogP contribution in [-0.4, -0.2) is 20.8 Å². The van der Waals surface area contributed by atoms with Crippen molar-refractivity contribution < 1.29 is 9.47 Å². The molecule has 0 saturated carbocycles. The summed E-state index contributed by atoms with van der Waals surface area (Å²) in [6.07, 6.45) is 3.15. The van der Waals surface area contributed by atoms with Gasteiger partial charge in [-0.1, -0.05) is 28.1 Å². The predicted molar refractivity (Wildman–Crippen MR) is 96.5 cm³/mol. The molecule has 0 saturated heterocycles. The third-order valence-electron chi connectivity index (χ3n) is 4.42. The van der Waals surface area contributed by atoms with Crippen molar-refractivity contribution in [3.05, 3.63) is 57.6 Å². The topological polar surface area (TPSA) is 30.5 Å². The lowest BCUT2D eigenvalue weighted by Crippen LogP contribution is -2.30. The zero-order chi connectivity index (χ0) is 16.2. The summed E-state index contributed by atoms with van der Waals surface area (Å²) in [5, 5.41) is 3.64. The van der Waals surface area contributed by atoms with Gasteiger partial charge in [-0.25, -0.2) is 0 Å². The normalized spacial score (nSPS) is 16.7. The van der Waals surface area contributed by atoms with Gasteiger partial charge in [0.15, 0.2) is 11.5 Å². The van der Waals surface area contributed by atoms with Crippen LogP contribution < -0.4 is 14.8 Å². The predicted octanol–water partition coefficient (Wildman–Crippen LogP) is 4.29. The Morgan fingerprint density at radius 1 is 1.13 bits per heavy atom. The van der Waals surface area contributed by atoms with Crippen molar-refractivity contribution in [2.24, 2.45) is 0 Å². The van der Waals surface area contributed by atoms with Crippen molar-refractivity contribution in [2.75, 3.05) is 20.8 Å². The zero-order valence-electron chi connectivity index (χ0n) is 13.6. The van der Waals surface area contributed by atoms with Crippen LogP contribution in [0.4, 0.5) is 0 Å². The second-order valence-electron chi connectivity index (χ2n) is 5.83. The standard InChI is InChI=1S/C19H22BrNO2/c1-22-18-11-14-8-9-21-17(16(14)12-19(18)23-2)7-6-13-4-3-5-15(20)10-13/h3-5,10-12,17,21H,6-9H2,1-2H3/t17-/m0/s1. The largest absolute Gasteiger partial charge is 0.493 e. The van der Waals surface area contributed by atoms with E-state index >= 15 is 0 Å². The number of halogens is 1. The highest BCUT2D eigenvalue weighted by Crippen LogP contribution is 2.36. The van der Waals surface area contributed by atoms with Gasteiger partial charge in [0.1, 0.15) is 0 Å². The molecule has 1 aliphatic rings. The van der Waals surface area contributed by atoms with Gasteiger partial charge in [0.2, 0.25) is 0 Å². The van der Waals surface area contributed by atoms with Crippen LogP contribution in [0, 0.1) is 0 Å². The summed E-state index contributed by atoms with van der Waals surface area (Å²) in [7, 11) is 3.38. The van der Waals surface area contributed by atoms with Crippen molar-refractivity contribution in [2.45, 2.75) is 25.3 Å². The minimum absolute atomic E-state index is 0.359. The van der Waals surface area contributed by atoms with Crippen molar-refractivity contribution in [1.82, 2.24) is 5.32 Å². The Morgan fingerprint density at radius 3 is 2.65 bits per heavy atom. The lowest BCUT2D eigenvalue weighted by atomic mass is 9.90. The Bertz CT molecular complexity index is 687. The highest BCUT2D eigenvalue weighted by Gasteiger charge is 2.22. The fourth-order valence-electron chi connectivity index (χ4n) is 3.23. The van der Waals surface area contributed by atoms with E-state index < -0.39 is 0 Å². The summed E-state index contributed by atoms with van der Waals surface area (Å²) in [4.78, 5) is 0. The van der Waals surface area contributed by atoms with Crippen molar-refractivity contribution in [3.8, 4) is 11.5 Å². The molecular weight excluding hydrogens is 354 g/mol. The lowest BCUT2D eigenvalue weighted by Gasteiger charge is -2.28. The molecule has 1 N–H and O–H groups in total. The number of nitrogens with one attached hydrogen (secondary N) is 1. The van der Waals surface area contributed by atoms with Gasteiger partial charge < -0.3 is 14.8 Å². The van der Waals surface area contributed by atoms with Gasteiger partial charge in [-0.05, 0) is 66.8 Å². The maximum Gasteiger partial charge on any atom is 0.161 e. The average Bonchev–Trinajstić information content (AvgIpc) is 2.58. The maximum absolute atomic E-state index is 5.47.